The van der Waals surface area contributed by atoms with Crippen LogP contribution in [0.2, 0.25) is 0 Å². The molecule has 7 heteroatoms. The number of carbonyl (C=O) groups excluding carboxylic acids is 1. The van der Waals surface area contributed by atoms with Gasteiger partial charge in [-0.3, -0.25) is 20.2 Å². The number of esters is 1. The van der Waals surface area contributed by atoms with Gasteiger partial charge in [-0.15, -0.1) is 0 Å². The number of benzene rings is 2. The van der Waals surface area contributed by atoms with E-state index in [9.17, 15) is 14.9 Å². The van der Waals surface area contributed by atoms with Gasteiger partial charge in [0.1, 0.15) is 6.04 Å². The van der Waals surface area contributed by atoms with Crippen LogP contribution in [-0.4, -0.2) is 29.0 Å². The number of para-hydroxylation sites is 2. The second-order valence-electron chi connectivity index (χ2n) is 6.26. The maximum Gasteiger partial charge on any atom is 0.323 e. The van der Waals surface area contributed by atoms with Gasteiger partial charge in [0.15, 0.2) is 0 Å². The lowest BCUT2D eigenvalue weighted by Crippen LogP contribution is -2.45. The maximum atomic E-state index is 12.2. The standard InChI is InChI=1S/C19H17N3O4/c1-26-19(23)15-10-13-11-6-2-4-8-14(11)20-18(13)17(21-15)12-7-3-5-9-16(12)22(24)25/h2-9,15,17,20-21H,10H2,1H3/t15-,17+/m1/s1. The van der Waals surface area contributed by atoms with Crippen LogP contribution in [0, 0.1) is 10.1 Å². The van der Waals surface area contributed by atoms with Crippen molar-refractivity contribution in [1.82, 2.24) is 10.3 Å². The van der Waals surface area contributed by atoms with E-state index in [1.54, 1.807) is 18.2 Å². The third kappa shape index (κ3) is 2.53. The molecule has 7 nitrogen and oxygen atoms in total. The van der Waals surface area contributed by atoms with Crippen molar-refractivity contribution in [3.63, 3.8) is 0 Å². The number of H-pyrrole nitrogens is 1. The lowest BCUT2D eigenvalue weighted by Gasteiger charge is -2.30. The van der Waals surface area contributed by atoms with Crippen LogP contribution in [0.5, 0.6) is 0 Å². The van der Waals surface area contributed by atoms with Crippen molar-refractivity contribution in [3.05, 3.63) is 75.5 Å². The van der Waals surface area contributed by atoms with Crippen molar-refractivity contribution in [1.29, 1.82) is 0 Å². The molecule has 0 saturated heterocycles. The van der Waals surface area contributed by atoms with E-state index in [1.807, 2.05) is 24.3 Å². The Labute approximate surface area is 149 Å². The number of nitro groups is 1. The number of methoxy groups -OCH3 is 1. The predicted octanol–water partition coefficient (Wildman–Crippen LogP) is 2.85. The number of carbonyl (C=O) groups is 1. The van der Waals surface area contributed by atoms with E-state index >= 15 is 0 Å². The Kier molecular flexibility index (Phi) is 3.93. The number of rotatable bonds is 3. The topological polar surface area (TPSA) is 97.3 Å². The SMILES string of the molecule is COC(=O)[C@H]1Cc2c([nH]c3ccccc23)[C@H](c2ccccc2[N+](=O)[O-])N1. The summed E-state index contributed by atoms with van der Waals surface area (Å²) >= 11 is 0. The van der Waals surface area contributed by atoms with E-state index in [0.717, 1.165) is 22.2 Å². The van der Waals surface area contributed by atoms with Crippen LogP contribution in [0.1, 0.15) is 22.9 Å². The van der Waals surface area contributed by atoms with Crippen molar-refractivity contribution in [2.75, 3.05) is 7.11 Å². The Balaban J connectivity index is 1.92. The molecule has 1 aliphatic heterocycles. The van der Waals surface area contributed by atoms with Crippen LogP contribution in [0.3, 0.4) is 0 Å². The van der Waals surface area contributed by atoms with Crippen LogP contribution in [0.25, 0.3) is 10.9 Å². The zero-order valence-electron chi connectivity index (χ0n) is 14.1. The minimum atomic E-state index is -0.573. The molecule has 2 aromatic carbocycles. The minimum Gasteiger partial charge on any atom is -0.468 e. The van der Waals surface area contributed by atoms with Gasteiger partial charge >= 0.3 is 5.97 Å². The summed E-state index contributed by atoms with van der Waals surface area (Å²) in [5.74, 6) is -0.385. The first-order valence-electron chi connectivity index (χ1n) is 8.27. The van der Waals surface area contributed by atoms with E-state index in [-0.39, 0.29) is 11.7 Å². The molecular formula is C19H17N3O4. The fourth-order valence-electron chi connectivity index (χ4n) is 3.67. The van der Waals surface area contributed by atoms with Gasteiger partial charge < -0.3 is 9.72 Å². The summed E-state index contributed by atoms with van der Waals surface area (Å²) in [6.45, 7) is 0. The molecule has 0 unspecified atom stereocenters. The van der Waals surface area contributed by atoms with Gasteiger partial charge in [0.05, 0.1) is 23.6 Å². The van der Waals surface area contributed by atoms with Gasteiger partial charge in [-0.1, -0.05) is 36.4 Å². The first-order chi connectivity index (χ1) is 12.6. The maximum absolute atomic E-state index is 12.2. The lowest BCUT2D eigenvalue weighted by molar-refractivity contribution is -0.385. The van der Waals surface area contributed by atoms with Gasteiger partial charge in [-0.2, -0.15) is 0 Å². The highest BCUT2D eigenvalue weighted by Crippen LogP contribution is 2.38. The molecular weight excluding hydrogens is 334 g/mol. The van der Waals surface area contributed by atoms with Crippen LogP contribution in [0.4, 0.5) is 5.69 Å². The molecule has 0 bridgehead atoms. The number of ether oxygens (including phenoxy) is 1. The Morgan fingerprint density at radius 1 is 1.19 bits per heavy atom. The number of fused-ring (bicyclic) bond motifs is 3. The largest absolute Gasteiger partial charge is 0.468 e. The average molecular weight is 351 g/mol. The molecule has 1 aliphatic rings. The monoisotopic (exact) mass is 351 g/mol. The Hall–Kier alpha value is -3.19. The smallest absolute Gasteiger partial charge is 0.323 e. The van der Waals surface area contributed by atoms with Crippen molar-refractivity contribution in [2.24, 2.45) is 0 Å². The zero-order valence-corrected chi connectivity index (χ0v) is 14.1. The second-order valence-corrected chi connectivity index (χ2v) is 6.26. The fraction of sp³-hybridized carbons (Fsp3) is 0.211. The van der Waals surface area contributed by atoms with Crippen LogP contribution >= 0.6 is 0 Å². The van der Waals surface area contributed by atoms with Gasteiger partial charge in [0, 0.05) is 29.1 Å². The first kappa shape index (κ1) is 16.3. The highest BCUT2D eigenvalue weighted by molar-refractivity contribution is 5.87. The van der Waals surface area contributed by atoms with E-state index in [2.05, 4.69) is 10.3 Å². The number of aromatic amines is 1. The second kappa shape index (κ2) is 6.27. The number of nitrogens with zero attached hydrogens (tertiary/aromatic N) is 1. The Morgan fingerprint density at radius 2 is 1.92 bits per heavy atom. The first-order valence-corrected chi connectivity index (χ1v) is 8.27. The molecule has 0 radical (unpaired) electrons. The third-order valence-electron chi connectivity index (χ3n) is 4.84. The lowest BCUT2D eigenvalue weighted by atomic mass is 9.89. The molecule has 26 heavy (non-hydrogen) atoms. The molecule has 0 amide bonds. The molecule has 4 rings (SSSR count). The third-order valence-corrected chi connectivity index (χ3v) is 4.84. The van der Waals surface area contributed by atoms with Crippen molar-refractivity contribution in [2.45, 2.75) is 18.5 Å². The van der Waals surface area contributed by atoms with E-state index in [0.29, 0.717) is 12.0 Å². The molecule has 0 spiro atoms. The predicted molar refractivity (Wildman–Crippen MR) is 95.9 cm³/mol. The van der Waals surface area contributed by atoms with Gasteiger partial charge in [0.2, 0.25) is 0 Å². The van der Waals surface area contributed by atoms with Crippen molar-refractivity contribution < 1.29 is 14.5 Å². The van der Waals surface area contributed by atoms with E-state index in [1.165, 1.54) is 13.2 Å². The summed E-state index contributed by atoms with van der Waals surface area (Å²) in [5.41, 5.74) is 3.30. The number of hydrogen-bond donors (Lipinski definition) is 2. The summed E-state index contributed by atoms with van der Waals surface area (Å²) in [7, 11) is 1.34. The van der Waals surface area contributed by atoms with Gasteiger partial charge in [-0.05, 0) is 11.6 Å². The molecule has 2 N–H and O–H groups in total. The number of aromatic nitrogens is 1. The highest BCUT2D eigenvalue weighted by atomic mass is 16.6. The zero-order chi connectivity index (χ0) is 18.3. The van der Waals surface area contributed by atoms with Gasteiger partial charge in [-0.25, -0.2) is 0 Å². The molecule has 2 atom stereocenters. The summed E-state index contributed by atoms with van der Waals surface area (Å²) in [4.78, 5) is 26.7. The molecule has 3 aromatic rings. The normalized spacial score (nSPS) is 19.1. The van der Waals surface area contributed by atoms with E-state index < -0.39 is 17.0 Å². The summed E-state index contributed by atoms with van der Waals surface area (Å²) in [6.07, 6.45) is 0.461. The molecule has 132 valence electrons. The Morgan fingerprint density at radius 3 is 2.69 bits per heavy atom. The molecule has 0 saturated carbocycles. The molecule has 1 aromatic heterocycles. The van der Waals surface area contributed by atoms with E-state index in [4.69, 9.17) is 4.74 Å². The van der Waals surface area contributed by atoms with Crippen LogP contribution in [-0.2, 0) is 16.0 Å². The summed E-state index contributed by atoms with van der Waals surface area (Å²) in [6, 6.07) is 13.3. The van der Waals surface area contributed by atoms with Crippen molar-refractivity contribution >= 4 is 22.6 Å². The average Bonchev–Trinajstić information content (AvgIpc) is 3.05. The number of hydrogen-bond acceptors (Lipinski definition) is 5. The quantitative estimate of drug-likeness (QED) is 0.430. The Bertz CT molecular complexity index is 1010. The summed E-state index contributed by atoms with van der Waals surface area (Å²) < 4.78 is 4.91. The highest BCUT2D eigenvalue weighted by Gasteiger charge is 2.36. The minimum absolute atomic E-state index is 0.0140. The number of nitrogens with one attached hydrogen (secondary N) is 2. The van der Waals surface area contributed by atoms with Gasteiger partial charge in [0.25, 0.3) is 5.69 Å². The molecule has 0 fully saturated rings. The van der Waals surface area contributed by atoms with Crippen LogP contribution < -0.4 is 5.32 Å². The molecule has 2 heterocycles. The fourth-order valence-corrected chi connectivity index (χ4v) is 3.67. The number of nitro benzene ring substituents is 1. The molecule has 0 aliphatic carbocycles. The summed E-state index contributed by atoms with van der Waals surface area (Å²) in [5, 5.41) is 15.7. The van der Waals surface area contributed by atoms with Crippen LogP contribution in [0.15, 0.2) is 48.5 Å². The van der Waals surface area contributed by atoms with Crippen molar-refractivity contribution in [3.8, 4) is 0 Å².